The minimum absolute atomic E-state index is 0. The van der Waals surface area contributed by atoms with Gasteiger partial charge >= 0.3 is 47.6 Å². The first kappa shape index (κ1) is 61.5. The summed E-state index contributed by atoms with van der Waals surface area (Å²) >= 11 is 0. The zero-order valence-electron chi connectivity index (χ0n) is 40.2. The van der Waals surface area contributed by atoms with Crippen LogP contribution in [0.4, 0.5) is 4.79 Å². The molecule has 63 heavy (non-hydrogen) atoms. The van der Waals surface area contributed by atoms with Gasteiger partial charge in [0.1, 0.15) is 13.2 Å². The first-order valence-electron chi connectivity index (χ1n) is 25.1. The van der Waals surface area contributed by atoms with Crippen molar-refractivity contribution < 1.29 is 75.3 Å². The van der Waals surface area contributed by atoms with Gasteiger partial charge in [-0.05, 0) is 103 Å². The van der Waals surface area contributed by atoms with Gasteiger partial charge in [0.25, 0.3) is 0 Å². The van der Waals surface area contributed by atoms with Crippen molar-refractivity contribution >= 4 is 28.4 Å². The van der Waals surface area contributed by atoms with Gasteiger partial charge in [-0.15, -0.1) is 0 Å². The van der Waals surface area contributed by atoms with Crippen LogP contribution in [0.15, 0.2) is 24.3 Å². The third-order valence-electron chi connectivity index (χ3n) is 11.4. The zero-order valence-corrected chi connectivity index (χ0v) is 43.0. The summed E-state index contributed by atoms with van der Waals surface area (Å²) in [5.41, 5.74) is 0. The summed E-state index contributed by atoms with van der Waals surface area (Å²) in [6.45, 7) is 5.05. The summed E-state index contributed by atoms with van der Waals surface area (Å²) in [5, 5.41) is 6.10. The number of ether oxygens (including phenoxy) is 3. The number of nitrogens with one attached hydrogen (secondary N) is 2. The summed E-state index contributed by atoms with van der Waals surface area (Å²) in [7, 11) is -4.70. The number of esters is 2. The van der Waals surface area contributed by atoms with Crippen molar-refractivity contribution in [1.82, 2.24) is 10.6 Å². The molecule has 0 aromatic carbocycles. The minimum Gasteiger partial charge on any atom is -0.726 e. The van der Waals surface area contributed by atoms with Gasteiger partial charge in [0.15, 0.2) is 6.10 Å². The molecule has 0 aromatic rings. The average Bonchev–Trinajstić information content (AvgIpc) is 3.24. The van der Waals surface area contributed by atoms with Gasteiger partial charge in [-0.3, -0.25) is 13.8 Å². The Bertz CT molecular complexity index is 1200. The van der Waals surface area contributed by atoms with E-state index in [1.54, 1.807) is 0 Å². The molecule has 1 rings (SSSR count). The molecule has 0 spiro atoms. The Labute approximate surface area is 406 Å². The van der Waals surface area contributed by atoms with E-state index in [0.717, 1.165) is 77.0 Å². The SMILES string of the molecule is CCCCCCCC/C=C\CCCCCCCC(=O)OCC(COC(=O)CCCCCCC/C=C\CCCCCCCC)OC(=O)NCCCNC1CCC(OS(=O)(=O)[O-])CC1.[Na+]. The van der Waals surface area contributed by atoms with Crippen molar-refractivity contribution in [3.05, 3.63) is 24.3 Å². The molecule has 1 aliphatic carbocycles. The fraction of sp³-hybridized carbons (Fsp3) is 0.857. The van der Waals surface area contributed by atoms with Crippen LogP contribution < -0.4 is 40.2 Å². The fourth-order valence-corrected chi connectivity index (χ4v) is 8.15. The molecule has 362 valence electrons. The molecule has 0 atom stereocenters. The van der Waals surface area contributed by atoms with E-state index in [1.165, 1.54) is 89.9 Å². The third-order valence-corrected chi connectivity index (χ3v) is 11.9. The normalized spacial score (nSPS) is 15.5. The second kappa shape index (κ2) is 44.4. The maximum atomic E-state index is 12.7. The van der Waals surface area contributed by atoms with E-state index in [0.29, 0.717) is 45.2 Å². The van der Waals surface area contributed by atoms with Crippen LogP contribution in [0.3, 0.4) is 0 Å². The molecule has 2 N–H and O–H groups in total. The van der Waals surface area contributed by atoms with Crippen LogP contribution >= 0.6 is 0 Å². The van der Waals surface area contributed by atoms with Gasteiger partial charge in [0.05, 0.1) is 6.10 Å². The van der Waals surface area contributed by atoms with Gasteiger partial charge in [0, 0.05) is 25.4 Å². The van der Waals surface area contributed by atoms with Crippen LogP contribution in [0.1, 0.15) is 226 Å². The molecule has 0 bridgehead atoms. The first-order valence-corrected chi connectivity index (χ1v) is 26.4. The average molecular weight is 921 g/mol. The molecule has 0 saturated heterocycles. The Kier molecular flexibility index (Phi) is 43.3. The van der Waals surface area contributed by atoms with E-state index >= 15 is 0 Å². The molecule has 14 heteroatoms. The Morgan fingerprint density at radius 1 is 0.571 bits per heavy atom. The van der Waals surface area contributed by atoms with Crippen LogP contribution in [0.2, 0.25) is 0 Å². The quantitative estimate of drug-likeness (QED) is 0.0114. The summed E-state index contributed by atoms with van der Waals surface area (Å²) in [6, 6.07) is 0.170. The number of unbranched alkanes of at least 4 members (excludes halogenated alkanes) is 22. The van der Waals surface area contributed by atoms with Crippen LogP contribution in [0, 0.1) is 0 Å². The number of alkyl carbamates (subject to hydrolysis) is 1. The number of allylic oxidation sites excluding steroid dienone is 4. The van der Waals surface area contributed by atoms with E-state index in [1.807, 2.05) is 0 Å². The number of rotatable bonds is 42. The number of carbonyl (C=O) groups is 3. The maximum Gasteiger partial charge on any atom is 1.00 e. The molecule has 1 fully saturated rings. The van der Waals surface area contributed by atoms with Gasteiger partial charge < -0.3 is 29.4 Å². The number of amides is 1. The predicted octanol–water partition coefficient (Wildman–Crippen LogP) is 9.01. The minimum atomic E-state index is -4.70. The summed E-state index contributed by atoms with van der Waals surface area (Å²) < 4.78 is 53.6. The molecular weight excluding hydrogens is 832 g/mol. The molecule has 1 saturated carbocycles. The second-order valence-corrected chi connectivity index (χ2v) is 18.3. The standard InChI is InChI=1S/C49H90N2O10S.Na/c1-3-5-7-9-11-13-15-17-19-21-23-25-27-29-31-34-47(52)58-42-46(60-49(54)51-41-33-40-50-44-36-38-45(39-37-44)61-62(55,56)57)43-59-48(53)35-32-30-28-26-24-22-20-18-16-14-12-10-8-6-4-2;/h17-20,44-46,50H,3-16,21-43H2,1-2H3,(H,51,54)(H,55,56,57);/q;+1/p-1/b19-17-,20-18-;. The van der Waals surface area contributed by atoms with E-state index in [9.17, 15) is 27.4 Å². The molecule has 0 heterocycles. The fourth-order valence-electron chi connectivity index (χ4n) is 7.62. The number of hydrogen-bond donors (Lipinski definition) is 2. The Hall–Kier alpha value is -1.48. The predicted molar refractivity (Wildman–Crippen MR) is 249 cm³/mol. The molecule has 12 nitrogen and oxygen atoms in total. The van der Waals surface area contributed by atoms with E-state index in [2.05, 4.69) is 53.0 Å². The van der Waals surface area contributed by atoms with Crippen molar-refractivity contribution in [1.29, 1.82) is 0 Å². The van der Waals surface area contributed by atoms with Crippen LogP contribution in [0.25, 0.3) is 0 Å². The Balaban J connectivity index is 0.0000384. The molecular formula is C49H89N2NaO10S. The topological polar surface area (TPSA) is 169 Å². The Morgan fingerprint density at radius 3 is 1.38 bits per heavy atom. The molecule has 1 aliphatic rings. The third kappa shape index (κ3) is 42.9. The molecule has 0 aromatic heterocycles. The number of carbonyl (C=O) groups excluding carboxylic acids is 3. The Morgan fingerprint density at radius 2 is 0.968 bits per heavy atom. The van der Waals surface area contributed by atoms with Crippen molar-refractivity contribution in [2.75, 3.05) is 26.3 Å². The van der Waals surface area contributed by atoms with Gasteiger partial charge in [-0.2, -0.15) is 0 Å². The van der Waals surface area contributed by atoms with Crippen LogP contribution in [-0.4, -0.2) is 75.6 Å². The van der Waals surface area contributed by atoms with Crippen molar-refractivity contribution in [3.8, 4) is 0 Å². The van der Waals surface area contributed by atoms with Gasteiger partial charge in [-0.1, -0.05) is 141 Å². The van der Waals surface area contributed by atoms with Crippen LogP contribution in [0.5, 0.6) is 0 Å². The van der Waals surface area contributed by atoms with Crippen molar-refractivity contribution in [3.63, 3.8) is 0 Å². The van der Waals surface area contributed by atoms with E-state index in [-0.39, 0.29) is 73.6 Å². The smallest absolute Gasteiger partial charge is 0.726 e. The summed E-state index contributed by atoms with van der Waals surface area (Å²) in [4.78, 5) is 37.8. The molecule has 0 aliphatic heterocycles. The molecule has 1 amide bonds. The molecule has 0 unspecified atom stereocenters. The first-order chi connectivity index (χ1) is 30.1. The van der Waals surface area contributed by atoms with Gasteiger partial charge in [0.2, 0.25) is 10.4 Å². The van der Waals surface area contributed by atoms with Crippen molar-refractivity contribution in [2.45, 2.75) is 244 Å². The molecule has 0 radical (unpaired) electrons. The largest absolute Gasteiger partial charge is 1.00 e. The second-order valence-electron chi connectivity index (χ2n) is 17.3. The van der Waals surface area contributed by atoms with E-state index in [4.69, 9.17) is 14.2 Å². The number of hydrogen-bond acceptors (Lipinski definition) is 11. The zero-order chi connectivity index (χ0) is 45.2. The maximum absolute atomic E-state index is 12.7. The summed E-state index contributed by atoms with van der Waals surface area (Å²) in [6.07, 6.45) is 41.1. The van der Waals surface area contributed by atoms with E-state index < -0.39 is 28.7 Å². The van der Waals surface area contributed by atoms with Crippen molar-refractivity contribution in [2.24, 2.45) is 0 Å². The monoisotopic (exact) mass is 921 g/mol. The van der Waals surface area contributed by atoms with Gasteiger partial charge in [-0.25, -0.2) is 13.2 Å². The van der Waals surface area contributed by atoms with Crippen LogP contribution in [-0.2, 0) is 38.4 Å². The summed E-state index contributed by atoms with van der Waals surface area (Å²) in [5.74, 6) is -0.727.